The molecule has 0 bridgehead atoms. The van der Waals surface area contributed by atoms with Crippen molar-refractivity contribution < 1.29 is 0 Å². The Morgan fingerprint density at radius 2 is 1.96 bits per heavy atom. The van der Waals surface area contributed by atoms with E-state index in [9.17, 15) is 0 Å². The maximum Gasteiger partial charge on any atom is 0.163 e. The number of rotatable bonds is 1. The summed E-state index contributed by atoms with van der Waals surface area (Å²) >= 11 is 0. The minimum absolute atomic E-state index is 0.105. The summed E-state index contributed by atoms with van der Waals surface area (Å²) in [5, 5.41) is 5.44. The predicted molar refractivity (Wildman–Crippen MR) is 95.2 cm³/mol. The summed E-state index contributed by atoms with van der Waals surface area (Å²) in [5.74, 6) is 1.86. The van der Waals surface area contributed by atoms with Crippen molar-refractivity contribution in [3.05, 3.63) is 36.0 Å². The molecule has 0 saturated heterocycles. The van der Waals surface area contributed by atoms with Gasteiger partial charge in [-0.1, -0.05) is 20.8 Å². The van der Waals surface area contributed by atoms with Crippen molar-refractivity contribution in [2.45, 2.75) is 45.7 Å². The molecule has 0 fully saturated rings. The average Bonchev–Trinajstić information content (AvgIpc) is 3.14. The molecule has 0 N–H and O–H groups in total. The molecule has 0 radical (unpaired) electrons. The largest absolute Gasteiger partial charge is 0.348 e. The molecule has 0 amide bonds. The van der Waals surface area contributed by atoms with E-state index in [1.54, 1.807) is 0 Å². The molecule has 4 heterocycles. The van der Waals surface area contributed by atoms with E-state index in [1.807, 2.05) is 17.9 Å². The molecule has 3 aromatic heterocycles. The molecule has 1 unspecified atom stereocenters. The minimum atomic E-state index is -0.105. The highest BCUT2D eigenvalue weighted by molar-refractivity contribution is 5.87. The van der Waals surface area contributed by atoms with Crippen molar-refractivity contribution in [3.63, 3.8) is 0 Å². The first-order valence-corrected chi connectivity index (χ1v) is 8.48. The molecule has 1 aliphatic rings. The summed E-state index contributed by atoms with van der Waals surface area (Å²) in [4.78, 5) is 12.1. The van der Waals surface area contributed by atoms with Crippen LogP contribution in [0.25, 0.3) is 11.0 Å². The van der Waals surface area contributed by atoms with Crippen molar-refractivity contribution in [1.29, 1.82) is 0 Å². The lowest BCUT2D eigenvalue weighted by Crippen LogP contribution is -2.37. The van der Waals surface area contributed by atoms with E-state index in [0.717, 1.165) is 35.8 Å². The number of hydrogen-bond donors (Lipinski definition) is 0. The van der Waals surface area contributed by atoms with E-state index < -0.39 is 0 Å². The Balaban J connectivity index is 1.90. The number of aryl methyl sites for hydroxylation is 1. The Bertz CT molecular complexity index is 898. The molecule has 24 heavy (non-hydrogen) atoms. The van der Waals surface area contributed by atoms with Gasteiger partial charge in [-0.2, -0.15) is 5.10 Å². The van der Waals surface area contributed by atoms with Crippen LogP contribution < -0.4 is 4.90 Å². The van der Waals surface area contributed by atoms with Gasteiger partial charge >= 0.3 is 0 Å². The molecule has 0 saturated carbocycles. The van der Waals surface area contributed by atoms with Crippen molar-refractivity contribution in [3.8, 4) is 0 Å². The second kappa shape index (κ2) is 5.06. The lowest BCUT2D eigenvalue weighted by molar-refractivity contribution is 0.500. The Labute approximate surface area is 142 Å². The predicted octanol–water partition coefficient (Wildman–Crippen LogP) is 3.04. The summed E-state index contributed by atoms with van der Waals surface area (Å²) in [6, 6.07) is 4.60. The van der Waals surface area contributed by atoms with Crippen LogP contribution in [0.2, 0.25) is 0 Å². The summed E-state index contributed by atoms with van der Waals surface area (Å²) in [6.07, 6.45) is 4.04. The highest BCUT2D eigenvalue weighted by Crippen LogP contribution is 2.34. The highest BCUT2D eigenvalue weighted by atomic mass is 15.3. The fourth-order valence-corrected chi connectivity index (χ4v) is 3.43. The zero-order valence-corrected chi connectivity index (χ0v) is 15.0. The Morgan fingerprint density at radius 1 is 1.17 bits per heavy atom. The monoisotopic (exact) mass is 324 g/mol. The van der Waals surface area contributed by atoms with Crippen LogP contribution in [0.1, 0.15) is 45.3 Å². The number of aromatic nitrogens is 5. The molecule has 6 heteroatoms. The molecule has 1 atom stereocenters. The Morgan fingerprint density at radius 3 is 2.71 bits per heavy atom. The number of nitrogens with zero attached hydrogens (tertiary/aromatic N) is 6. The molecule has 6 nitrogen and oxygen atoms in total. The van der Waals surface area contributed by atoms with Gasteiger partial charge in [0.2, 0.25) is 0 Å². The second-order valence-electron chi connectivity index (χ2n) is 7.62. The van der Waals surface area contributed by atoms with Crippen LogP contribution in [0.5, 0.6) is 0 Å². The summed E-state index contributed by atoms with van der Waals surface area (Å²) in [6.45, 7) is 10.6. The lowest BCUT2D eigenvalue weighted by atomic mass is 9.95. The van der Waals surface area contributed by atoms with Gasteiger partial charge in [0.15, 0.2) is 5.65 Å². The molecule has 0 spiro atoms. The van der Waals surface area contributed by atoms with Crippen LogP contribution in [-0.4, -0.2) is 30.9 Å². The van der Waals surface area contributed by atoms with Gasteiger partial charge in [0.25, 0.3) is 0 Å². The van der Waals surface area contributed by atoms with Crippen LogP contribution >= 0.6 is 0 Å². The van der Waals surface area contributed by atoms with Crippen LogP contribution in [0.3, 0.4) is 0 Å². The maximum absolute atomic E-state index is 4.97. The third-order valence-electron chi connectivity index (χ3n) is 4.86. The first-order valence-electron chi connectivity index (χ1n) is 8.48. The highest BCUT2D eigenvalue weighted by Gasteiger charge is 2.29. The van der Waals surface area contributed by atoms with Gasteiger partial charge in [-0.05, 0) is 19.1 Å². The second-order valence-corrected chi connectivity index (χ2v) is 7.62. The maximum atomic E-state index is 4.97. The van der Waals surface area contributed by atoms with Gasteiger partial charge in [-0.3, -0.25) is 4.68 Å². The normalized spacial score (nSPS) is 18.2. The van der Waals surface area contributed by atoms with Gasteiger partial charge in [-0.15, -0.1) is 0 Å². The van der Waals surface area contributed by atoms with E-state index in [-0.39, 0.29) is 11.5 Å². The first-order chi connectivity index (χ1) is 11.4. The fraction of sp³-hybridized carbons (Fsp3) is 0.500. The fourth-order valence-electron chi connectivity index (χ4n) is 3.43. The molecule has 4 rings (SSSR count). The lowest BCUT2D eigenvalue weighted by Gasteiger charge is -2.36. The molecule has 3 aromatic rings. The van der Waals surface area contributed by atoms with Crippen molar-refractivity contribution in [2.24, 2.45) is 7.05 Å². The molecular formula is C18H24N6. The van der Waals surface area contributed by atoms with Gasteiger partial charge in [0.1, 0.15) is 11.6 Å². The standard InChI is InChI=1S/C18H24N6/c1-12-14-7-6-8-23(14)9-10-24(12)16-13-11-19-22(5)15(13)20-17(21-16)18(2,3)4/h6-8,11-12H,9-10H2,1-5H3. The van der Waals surface area contributed by atoms with Gasteiger partial charge < -0.3 is 9.47 Å². The van der Waals surface area contributed by atoms with Crippen LogP contribution in [0, 0.1) is 0 Å². The average molecular weight is 324 g/mol. The number of hydrogen-bond acceptors (Lipinski definition) is 4. The zero-order chi connectivity index (χ0) is 17.1. The third kappa shape index (κ3) is 2.20. The van der Waals surface area contributed by atoms with E-state index in [2.05, 4.69) is 60.6 Å². The van der Waals surface area contributed by atoms with Gasteiger partial charge in [-0.25, -0.2) is 9.97 Å². The van der Waals surface area contributed by atoms with Crippen LogP contribution in [0.4, 0.5) is 5.82 Å². The summed E-state index contributed by atoms with van der Waals surface area (Å²) in [5.41, 5.74) is 2.12. The van der Waals surface area contributed by atoms with Crippen molar-refractivity contribution in [2.75, 3.05) is 11.4 Å². The quantitative estimate of drug-likeness (QED) is 0.690. The van der Waals surface area contributed by atoms with Crippen molar-refractivity contribution in [1.82, 2.24) is 24.3 Å². The van der Waals surface area contributed by atoms with E-state index in [4.69, 9.17) is 9.97 Å². The van der Waals surface area contributed by atoms with Crippen LogP contribution in [0.15, 0.2) is 24.5 Å². The minimum Gasteiger partial charge on any atom is -0.348 e. The first kappa shape index (κ1) is 15.2. The van der Waals surface area contributed by atoms with E-state index in [0.29, 0.717) is 0 Å². The molecule has 0 aliphatic carbocycles. The van der Waals surface area contributed by atoms with Gasteiger partial charge in [0.05, 0.1) is 17.6 Å². The SMILES string of the molecule is CC1c2cccn2CCN1c1nc(C(C)(C)C)nc2c1cnn2C. The van der Waals surface area contributed by atoms with E-state index in [1.165, 1.54) is 5.69 Å². The molecule has 126 valence electrons. The molecule has 1 aliphatic heterocycles. The van der Waals surface area contributed by atoms with E-state index >= 15 is 0 Å². The smallest absolute Gasteiger partial charge is 0.163 e. The number of fused-ring (bicyclic) bond motifs is 2. The van der Waals surface area contributed by atoms with Crippen molar-refractivity contribution >= 4 is 16.9 Å². The van der Waals surface area contributed by atoms with Crippen LogP contribution in [-0.2, 0) is 19.0 Å². The summed E-state index contributed by atoms with van der Waals surface area (Å²) in [7, 11) is 1.94. The van der Waals surface area contributed by atoms with Gasteiger partial charge in [0, 0.05) is 37.4 Å². The molecular weight excluding hydrogens is 300 g/mol. The summed E-state index contributed by atoms with van der Waals surface area (Å²) < 4.78 is 4.17. The Hall–Kier alpha value is -2.37. The molecule has 0 aromatic carbocycles. The zero-order valence-electron chi connectivity index (χ0n) is 15.0. The number of anilines is 1. The topological polar surface area (TPSA) is 51.8 Å². The third-order valence-corrected chi connectivity index (χ3v) is 4.86. The Kier molecular flexibility index (Phi) is 3.20.